The van der Waals surface area contributed by atoms with Crippen LogP contribution in [0.25, 0.3) is 0 Å². The number of aromatic nitrogens is 2. The quantitative estimate of drug-likeness (QED) is 0.0700. The molecule has 2 aromatic carbocycles. The third kappa shape index (κ3) is 11.6. The van der Waals surface area contributed by atoms with Gasteiger partial charge in [0.2, 0.25) is 0 Å². The molecule has 19 heteroatoms. The van der Waals surface area contributed by atoms with Crippen molar-refractivity contribution in [3.05, 3.63) is 105 Å². The number of hydrogen-bond donors (Lipinski definition) is 3. The zero-order valence-electron chi connectivity index (χ0n) is 27.2. The molecule has 0 radical (unpaired) electrons. The number of phenols is 1. The SMILES string of the molecule is C.CCOC(=O)CC1OB(O)c2cc(O)ccc21.CCOC(=O)CC1OB(O)c2cc(Oc3ccnc(Cl)c3)ccc21.O=[N+]([O-])c1ccnc(Cl)c1. The Bertz CT molecular complexity index is 1860. The molecule has 0 amide bonds. The first-order valence-electron chi connectivity index (χ1n) is 15.4. The summed E-state index contributed by atoms with van der Waals surface area (Å²) in [5.74, 6) is 0.380. The fourth-order valence-corrected chi connectivity index (χ4v) is 5.28. The van der Waals surface area contributed by atoms with Crippen LogP contribution in [0.4, 0.5) is 5.69 Å². The van der Waals surface area contributed by atoms with E-state index in [1.165, 1.54) is 30.5 Å². The summed E-state index contributed by atoms with van der Waals surface area (Å²) in [7, 11) is -2.21. The Morgan fingerprint density at radius 1 is 0.808 bits per heavy atom. The van der Waals surface area contributed by atoms with Crippen molar-refractivity contribution in [1.82, 2.24) is 9.97 Å². The van der Waals surface area contributed by atoms with E-state index in [0.29, 0.717) is 46.4 Å². The third-order valence-corrected chi connectivity index (χ3v) is 7.52. The number of pyridine rings is 2. The van der Waals surface area contributed by atoms with Crippen molar-refractivity contribution >= 4 is 66.0 Å². The number of aromatic hydroxyl groups is 1. The normalized spacial score (nSPS) is 15.0. The van der Waals surface area contributed by atoms with E-state index >= 15 is 0 Å². The summed E-state index contributed by atoms with van der Waals surface area (Å²) >= 11 is 11.2. The molecule has 2 aromatic heterocycles. The first-order valence-corrected chi connectivity index (χ1v) is 16.1. The van der Waals surface area contributed by atoms with Gasteiger partial charge in [-0.2, -0.15) is 0 Å². The number of esters is 2. The number of hydrogen-bond acceptors (Lipinski definition) is 14. The smallest absolute Gasteiger partial charge is 0.492 e. The van der Waals surface area contributed by atoms with E-state index in [-0.39, 0.29) is 48.8 Å². The van der Waals surface area contributed by atoms with Gasteiger partial charge in [0, 0.05) is 24.5 Å². The maximum Gasteiger partial charge on any atom is 0.492 e. The second-order valence-corrected chi connectivity index (χ2v) is 11.4. The maximum atomic E-state index is 11.6. The summed E-state index contributed by atoms with van der Waals surface area (Å²) in [4.78, 5) is 40.0. The van der Waals surface area contributed by atoms with Crippen LogP contribution in [-0.4, -0.2) is 69.4 Å². The summed E-state index contributed by atoms with van der Waals surface area (Å²) < 4.78 is 26.1. The van der Waals surface area contributed by atoms with E-state index in [1.54, 1.807) is 56.4 Å². The van der Waals surface area contributed by atoms with Gasteiger partial charge in [-0.05, 0) is 66.2 Å². The average molecular weight is 758 g/mol. The van der Waals surface area contributed by atoms with Crippen molar-refractivity contribution in [1.29, 1.82) is 0 Å². The Kier molecular flexibility index (Phi) is 15.8. The molecule has 3 N–H and O–H groups in total. The van der Waals surface area contributed by atoms with Gasteiger partial charge in [-0.15, -0.1) is 0 Å². The highest BCUT2D eigenvalue weighted by Crippen LogP contribution is 2.31. The van der Waals surface area contributed by atoms with Gasteiger partial charge in [0.25, 0.3) is 5.69 Å². The number of carbonyl (C=O) groups excluding carboxylic acids is 2. The molecular formula is C33H35B2Cl2N3O12. The highest BCUT2D eigenvalue weighted by molar-refractivity contribution is 6.62. The summed E-state index contributed by atoms with van der Waals surface area (Å²) in [5.41, 5.74) is 2.49. The van der Waals surface area contributed by atoms with E-state index < -0.39 is 31.4 Å². The fourth-order valence-electron chi connectivity index (χ4n) is 4.95. The number of ether oxygens (including phenoxy) is 3. The Balaban J connectivity index is 0.000000227. The molecule has 6 rings (SSSR count). The zero-order valence-corrected chi connectivity index (χ0v) is 28.7. The first-order chi connectivity index (χ1) is 24.4. The number of nitrogens with zero attached hydrogens (tertiary/aromatic N) is 3. The molecule has 0 aliphatic carbocycles. The highest BCUT2D eigenvalue weighted by atomic mass is 35.5. The van der Waals surface area contributed by atoms with Gasteiger partial charge < -0.3 is 38.7 Å². The Morgan fingerprint density at radius 3 is 1.81 bits per heavy atom. The monoisotopic (exact) mass is 757 g/mol. The van der Waals surface area contributed by atoms with Crippen molar-refractivity contribution in [2.45, 2.75) is 46.3 Å². The lowest BCUT2D eigenvalue weighted by atomic mass is 9.79. The topological polar surface area (TPSA) is 210 Å². The standard InChI is InChI=1S/C16H15BClNO5.C11H13BO5.C5H3ClN2O2.CH4/c1-2-22-16(20)9-14-12-4-3-10(7-13(12)17(21)24-14)23-11-5-6-19-15(18)8-11;1-2-16-11(14)6-10-8-4-3-7(13)5-9(8)12(15)17-10;6-5-3-4(8(9)10)1-2-7-5;/h3-8,14,21H,2,9H2,1H3;3-5,10,13,15H,2,6H2,1H3;1-3H;1H4. The van der Waals surface area contributed by atoms with E-state index in [1.807, 2.05) is 0 Å². The van der Waals surface area contributed by atoms with Gasteiger partial charge in [-0.25, -0.2) is 9.97 Å². The van der Waals surface area contributed by atoms with Crippen molar-refractivity contribution in [3.8, 4) is 17.2 Å². The molecule has 274 valence electrons. The predicted octanol–water partition coefficient (Wildman–Crippen LogP) is 4.62. The number of carbonyl (C=O) groups is 2. The summed E-state index contributed by atoms with van der Waals surface area (Å²) in [6.45, 7) is 4.10. The van der Waals surface area contributed by atoms with Crippen LogP contribution in [0.3, 0.4) is 0 Å². The van der Waals surface area contributed by atoms with Crippen LogP contribution in [0.2, 0.25) is 10.3 Å². The van der Waals surface area contributed by atoms with E-state index in [9.17, 15) is 34.9 Å². The lowest BCUT2D eigenvalue weighted by Crippen LogP contribution is -2.28. The molecule has 4 heterocycles. The number of halogens is 2. The molecule has 2 aliphatic rings. The zero-order chi connectivity index (χ0) is 37.1. The average Bonchev–Trinajstić information content (AvgIpc) is 3.55. The molecule has 4 aromatic rings. The van der Waals surface area contributed by atoms with E-state index in [4.69, 9.17) is 46.7 Å². The molecule has 2 atom stereocenters. The molecule has 15 nitrogen and oxygen atoms in total. The summed E-state index contributed by atoms with van der Waals surface area (Å²) in [6.07, 6.45) is 1.90. The van der Waals surface area contributed by atoms with Gasteiger partial charge in [0.05, 0.1) is 49.3 Å². The Morgan fingerprint density at radius 2 is 1.31 bits per heavy atom. The van der Waals surface area contributed by atoms with Crippen LogP contribution >= 0.6 is 23.2 Å². The Hall–Kier alpha value is -4.77. The number of fused-ring (bicyclic) bond motifs is 2. The van der Waals surface area contributed by atoms with Crippen LogP contribution in [0.5, 0.6) is 17.2 Å². The number of rotatable bonds is 9. The van der Waals surface area contributed by atoms with Crippen LogP contribution < -0.4 is 15.7 Å². The second kappa shape index (κ2) is 19.7. The minimum absolute atomic E-state index is 0. The third-order valence-electron chi connectivity index (χ3n) is 7.11. The molecule has 0 saturated heterocycles. The minimum atomic E-state index is -1.11. The molecule has 0 spiro atoms. The number of benzene rings is 2. The summed E-state index contributed by atoms with van der Waals surface area (Å²) in [5, 5.41) is 39.5. The number of phenolic OH excluding ortho intramolecular Hbond substituents is 1. The Labute approximate surface area is 309 Å². The van der Waals surface area contributed by atoms with Gasteiger partial charge >= 0.3 is 26.2 Å². The van der Waals surface area contributed by atoms with E-state index in [0.717, 1.165) is 5.56 Å². The van der Waals surface area contributed by atoms with Crippen molar-refractivity contribution < 1.29 is 53.2 Å². The van der Waals surface area contributed by atoms with Gasteiger partial charge in [0.1, 0.15) is 27.6 Å². The summed E-state index contributed by atoms with van der Waals surface area (Å²) in [6, 6.07) is 15.5. The lowest BCUT2D eigenvalue weighted by Gasteiger charge is -2.12. The van der Waals surface area contributed by atoms with Gasteiger partial charge in [-0.1, -0.05) is 42.8 Å². The van der Waals surface area contributed by atoms with E-state index in [2.05, 4.69) is 9.97 Å². The van der Waals surface area contributed by atoms with Gasteiger partial charge in [0.15, 0.2) is 0 Å². The molecule has 0 fully saturated rings. The highest BCUT2D eigenvalue weighted by Gasteiger charge is 2.37. The molecule has 2 aliphatic heterocycles. The molecule has 0 bridgehead atoms. The van der Waals surface area contributed by atoms with Crippen LogP contribution in [0.15, 0.2) is 73.1 Å². The maximum absolute atomic E-state index is 11.6. The molecular weight excluding hydrogens is 723 g/mol. The second-order valence-electron chi connectivity index (χ2n) is 10.6. The van der Waals surface area contributed by atoms with Crippen molar-refractivity contribution in [2.75, 3.05) is 13.2 Å². The van der Waals surface area contributed by atoms with Crippen LogP contribution in [0, 0.1) is 10.1 Å². The largest absolute Gasteiger partial charge is 0.508 e. The first kappa shape index (κ1) is 41.6. The number of nitro groups is 1. The van der Waals surface area contributed by atoms with Crippen molar-refractivity contribution in [3.63, 3.8) is 0 Å². The molecule has 2 unspecified atom stereocenters. The van der Waals surface area contributed by atoms with Crippen LogP contribution in [0.1, 0.15) is 57.5 Å². The van der Waals surface area contributed by atoms with Crippen LogP contribution in [-0.2, 0) is 28.4 Å². The predicted molar refractivity (Wildman–Crippen MR) is 192 cm³/mol. The molecule has 0 saturated carbocycles. The van der Waals surface area contributed by atoms with Gasteiger partial charge in [-0.3, -0.25) is 19.7 Å². The lowest BCUT2D eigenvalue weighted by molar-refractivity contribution is -0.384. The van der Waals surface area contributed by atoms with Crippen molar-refractivity contribution in [2.24, 2.45) is 0 Å². The minimum Gasteiger partial charge on any atom is -0.508 e. The molecule has 52 heavy (non-hydrogen) atoms. The fraction of sp³-hybridized carbons (Fsp3) is 0.273.